The van der Waals surface area contributed by atoms with Crippen molar-refractivity contribution in [1.29, 1.82) is 0 Å². The fourth-order valence-electron chi connectivity index (χ4n) is 3.10. The van der Waals surface area contributed by atoms with Gasteiger partial charge in [0.05, 0.1) is 0 Å². The maximum atomic E-state index is 4.33. The number of hydrogen-bond acceptors (Lipinski definition) is 4. The van der Waals surface area contributed by atoms with Crippen LogP contribution in [0, 0.1) is 0 Å². The lowest BCUT2D eigenvalue weighted by atomic mass is 10.2. The van der Waals surface area contributed by atoms with Gasteiger partial charge in [-0.15, -0.1) is 0 Å². The SMILES string of the molecule is CCNc1cc(CN(C)CC2CCCN2CC)ccn1. The number of anilines is 1. The van der Waals surface area contributed by atoms with Crippen molar-refractivity contribution < 1.29 is 0 Å². The van der Waals surface area contributed by atoms with Gasteiger partial charge in [-0.25, -0.2) is 4.98 Å². The zero-order chi connectivity index (χ0) is 14.4. The van der Waals surface area contributed by atoms with Gasteiger partial charge in [0.1, 0.15) is 5.82 Å². The fraction of sp³-hybridized carbons (Fsp3) is 0.688. The molecule has 2 heterocycles. The van der Waals surface area contributed by atoms with Crippen LogP contribution < -0.4 is 5.32 Å². The van der Waals surface area contributed by atoms with Crippen LogP contribution in [-0.4, -0.2) is 54.1 Å². The Morgan fingerprint density at radius 3 is 3.05 bits per heavy atom. The molecule has 112 valence electrons. The summed E-state index contributed by atoms with van der Waals surface area (Å²) in [5.41, 5.74) is 1.33. The number of rotatable bonds is 7. The Bertz CT molecular complexity index is 407. The molecule has 2 rings (SSSR count). The van der Waals surface area contributed by atoms with E-state index >= 15 is 0 Å². The molecule has 0 radical (unpaired) electrons. The van der Waals surface area contributed by atoms with Gasteiger partial charge < -0.3 is 10.2 Å². The monoisotopic (exact) mass is 276 g/mol. The Morgan fingerprint density at radius 1 is 1.45 bits per heavy atom. The molecule has 1 aromatic rings. The second-order valence-electron chi connectivity index (χ2n) is 5.70. The highest BCUT2D eigenvalue weighted by molar-refractivity contribution is 5.37. The molecule has 0 bridgehead atoms. The van der Waals surface area contributed by atoms with Gasteiger partial charge >= 0.3 is 0 Å². The van der Waals surface area contributed by atoms with Gasteiger partial charge in [-0.05, 0) is 57.6 Å². The van der Waals surface area contributed by atoms with Crippen LogP contribution in [0.3, 0.4) is 0 Å². The van der Waals surface area contributed by atoms with Crippen LogP contribution in [-0.2, 0) is 6.54 Å². The standard InChI is InChI=1S/C16H28N4/c1-4-17-16-11-14(8-9-18-16)12-19(3)13-15-7-6-10-20(15)5-2/h8-9,11,15H,4-7,10,12-13H2,1-3H3,(H,17,18). The highest BCUT2D eigenvalue weighted by Crippen LogP contribution is 2.18. The molecule has 1 aliphatic heterocycles. The number of pyridine rings is 1. The van der Waals surface area contributed by atoms with Crippen LogP contribution in [0.4, 0.5) is 5.82 Å². The third-order valence-electron chi connectivity index (χ3n) is 4.06. The Morgan fingerprint density at radius 2 is 2.30 bits per heavy atom. The molecular weight excluding hydrogens is 248 g/mol. The van der Waals surface area contributed by atoms with Crippen molar-refractivity contribution in [2.24, 2.45) is 0 Å². The number of likely N-dealkylation sites (tertiary alicyclic amines) is 1. The first-order chi connectivity index (χ1) is 9.72. The molecule has 0 aliphatic carbocycles. The molecule has 4 nitrogen and oxygen atoms in total. The summed E-state index contributed by atoms with van der Waals surface area (Å²) in [5.74, 6) is 0.981. The molecule has 4 heteroatoms. The number of aromatic nitrogens is 1. The normalized spacial score (nSPS) is 19.7. The summed E-state index contributed by atoms with van der Waals surface area (Å²) in [7, 11) is 2.22. The second kappa shape index (κ2) is 7.60. The average Bonchev–Trinajstić information content (AvgIpc) is 2.86. The number of nitrogens with zero attached hydrogens (tertiary/aromatic N) is 3. The average molecular weight is 276 g/mol. The largest absolute Gasteiger partial charge is 0.370 e. The van der Waals surface area contributed by atoms with E-state index in [0.29, 0.717) is 0 Å². The van der Waals surface area contributed by atoms with Crippen LogP contribution in [0.15, 0.2) is 18.3 Å². The van der Waals surface area contributed by atoms with Gasteiger partial charge in [-0.3, -0.25) is 4.90 Å². The van der Waals surface area contributed by atoms with E-state index < -0.39 is 0 Å². The van der Waals surface area contributed by atoms with E-state index in [-0.39, 0.29) is 0 Å². The molecule has 1 saturated heterocycles. The van der Waals surface area contributed by atoms with Gasteiger partial charge in [0.25, 0.3) is 0 Å². The van der Waals surface area contributed by atoms with Gasteiger partial charge in [-0.1, -0.05) is 6.92 Å². The third kappa shape index (κ3) is 4.18. The fourth-order valence-corrected chi connectivity index (χ4v) is 3.10. The van der Waals surface area contributed by atoms with Crippen molar-refractivity contribution in [2.45, 2.75) is 39.3 Å². The van der Waals surface area contributed by atoms with Crippen LogP contribution in [0.25, 0.3) is 0 Å². The van der Waals surface area contributed by atoms with Gasteiger partial charge in [0.2, 0.25) is 0 Å². The second-order valence-corrected chi connectivity index (χ2v) is 5.70. The predicted molar refractivity (Wildman–Crippen MR) is 85.0 cm³/mol. The minimum absolute atomic E-state index is 0.736. The lowest BCUT2D eigenvalue weighted by Gasteiger charge is -2.27. The van der Waals surface area contributed by atoms with Gasteiger partial charge in [0.15, 0.2) is 0 Å². The van der Waals surface area contributed by atoms with Crippen molar-refractivity contribution in [3.63, 3.8) is 0 Å². The maximum Gasteiger partial charge on any atom is 0.126 e. The topological polar surface area (TPSA) is 31.4 Å². The Balaban J connectivity index is 1.87. The highest BCUT2D eigenvalue weighted by Gasteiger charge is 2.23. The summed E-state index contributed by atoms with van der Waals surface area (Å²) in [6.45, 7) is 9.89. The van der Waals surface area contributed by atoms with E-state index in [1.807, 2.05) is 6.20 Å². The number of likely N-dealkylation sites (N-methyl/N-ethyl adjacent to an activating group) is 2. The van der Waals surface area contributed by atoms with Crippen molar-refractivity contribution in [1.82, 2.24) is 14.8 Å². The molecule has 1 unspecified atom stereocenters. The summed E-state index contributed by atoms with van der Waals surface area (Å²) >= 11 is 0. The lowest BCUT2D eigenvalue weighted by molar-refractivity contribution is 0.195. The highest BCUT2D eigenvalue weighted by atomic mass is 15.2. The maximum absolute atomic E-state index is 4.33. The van der Waals surface area contributed by atoms with Crippen LogP contribution in [0.5, 0.6) is 0 Å². The molecule has 1 aliphatic rings. The molecule has 1 N–H and O–H groups in total. The van der Waals surface area contributed by atoms with E-state index in [9.17, 15) is 0 Å². The third-order valence-corrected chi connectivity index (χ3v) is 4.06. The summed E-state index contributed by atoms with van der Waals surface area (Å²) in [6, 6.07) is 5.01. The molecule has 0 saturated carbocycles. The molecule has 1 fully saturated rings. The summed E-state index contributed by atoms with van der Waals surface area (Å²) < 4.78 is 0. The minimum Gasteiger partial charge on any atom is -0.370 e. The van der Waals surface area contributed by atoms with E-state index in [0.717, 1.165) is 31.5 Å². The van der Waals surface area contributed by atoms with E-state index in [2.05, 4.69) is 53.1 Å². The Kier molecular flexibility index (Phi) is 5.80. The summed E-state index contributed by atoms with van der Waals surface area (Å²) in [5, 5.41) is 3.27. The minimum atomic E-state index is 0.736. The molecular formula is C16H28N4. The van der Waals surface area contributed by atoms with Gasteiger partial charge in [0, 0.05) is 31.9 Å². The van der Waals surface area contributed by atoms with Crippen molar-refractivity contribution in [3.05, 3.63) is 23.9 Å². The van der Waals surface area contributed by atoms with E-state index in [4.69, 9.17) is 0 Å². The Hall–Kier alpha value is -1.13. The molecule has 1 atom stereocenters. The molecule has 0 aromatic carbocycles. The van der Waals surface area contributed by atoms with Crippen LogP contribution in [0.2, 0.25) is 0 Å². The smallest absolute Gasteiger partial charge is 0.126 e. The first-order valence-corrected chi connectivity index (χ1v) is 7.84. The quantitative estimate of drug-likeness (QED) is 0.829. The van der Waals surface area contributed by atoms with Crippen LogP contribution >= 0.6 is 0 Å². The first kappa shape index (κ1) is 15.3. The zero-order valence-electron chi connectivity index (χ0n) is 13.1. The number of hydrogen-bond donors (Lipinski definition) is 1. The predicted octanol–water partition coefficient (Wildman–Crippen LogP) is 2.43. The molecule has 0 amide bonds. The van der Waals surface area contributed by atoms with E-state index in [1.165, 1.54) is 31.5 Å². The molecule has 0 spiro atoms. The Labute approximate surface area is 123 Å². The van der Waals surface area contributed by atoms with E-state index in [1.54, 1.807) is 0 Å². The summed E-state index contributed by atoms with van der Waals surface area (Å²) in [6.07, 6.45) is 4.60. The first-order valence-electron chi connectivity index (χ1n) is 7.84. The van der Waals surface area contributed by atoms with Crippen molar-refractivity contribution in [2.75, 3.05) is 38.5 Å². The zero-order valence-corrected chi connectivity index (χ0v) is 13.1. The van der Waals surface area contributed by atoms with Gasteiger partial charge in [-0.2, -0.15) is 0 Å². The number of nitrogens with one attached hydrogen (secondary N) is 1. The molecule has 20 heavy (non-hydrogen) atoms. The molecule has 1 aromatic heterocycles. The van der Waals surface area contributed by atoms with Crippen molar-refractivity contribution >= 4 is 5.82 Å². The van der Waals surface area contributed by atoms with Crippen molar-refractivity contribution in [3.8, 4) is 0 Å². The lowest BCUT2D eigenvalue weighted by Crippen LogP contribution is -2.38. The van der Waals surface area contributed by atoms with Crippen LogP contribution in [0.1, 0.15) is 32.3 Å². The summed E-state index contributed by atoms with van der Waals surface area (Å²) in [4.78, 5) is 9.37.